The Hall–Kier alpha value is -1.08. The summed E-state index contributed by atoms with van der Waals surface area (Å²) in [5, 5.41) is 0. The van der Waals surface area contributed by atoms with Crippen molar-refractivity contribution in [3.8, 4) is 0 Å². The van der Waals surface area contributed by atoms with E-state index in [1.54, 1.807) is 0 Å². The van der Waals surface area contributed by atoms with Crippen LogP contribution in [0.25, 0.3) is 0 Å². The second-order valence-electron chi connectivity index (χ2n) is 6.20. The molecule has 1 fully saturated rings. The van der Waals surface area contributed by atoms with Crippen LogP contribution in [0.5, 0.6) is 0 Å². The summed E-state index contributed by atoms with van der Waals surface area (Å²) < 4.78 is 5.88. The molecule has 6 rings (SSSR count). The third-order valence-corrected chi connectivity index (χ3v) is 7.02. The molecule has 2 bridgehead atoms. The van der Waals surface area contributed by atoms with E-state index in [-0.39, 0.29) is 4.31 Å². The summed E-state index contributed by atoms with van der Waals surface area (Å²) >= 11 is 3.58. The fourth-order valence-electron chi connectivity index (χ4n) is 4.70. The van der Waals surface area contributed by atoms with Gasteiger partial charge in [0.15, 0.2) is 0 Å². The number of rotatable bonds is 0. The number of ether oxygens (including phenoxy) is 1. The van der Waals surface area contributed by atoms with Crippen LogP contribution in [0.1, 0.15) is 28.2 Å². The normalized spacial score (nSPS) is 36.4. The zero-order valence-electron chi connectivity index (χ0n) is 11.1. The third-order valence-electron chi connectivity index (χ3n) is 5.47. The van der Waals surface area contributed by atoms with Gasteiger partial charge in [0.2, 0.25) is 0 Å². The Bertz CT molecular complexity index is 661. The summed E-state index contributed by atoms with van der Waals surface area (Å²) in [4.78, 5) is 0. The molecule has 4 aliphatic rings. The molecule has 0 saturated carbocycles. The maximum absolute atomic E-state index is 5.88. The first-order chi connectivity index (χ1) is 9.82. The Kier molecular flexibility index (Phi) is 2.18. The van der Waals surface area contributed by atoms with E-state index in [1.165, 1.54) is 22.3 Å². The Balaban J connectivity index is 1.91. The van der Waals surface area contributed by atoms with Crippen molar-refractivity contribution in [1.82, 2.24) is 0 Å². The van der Waals surface area contributed by atoms with Crippen molar-refractivity contribution in [2.45, 2.75) is 10.2 Å². The summed E-state index contributed by atoms with van der Waals surface area (Å²) in [5.74, 6) is 1.73. The average Bonchev–Trinajstić information content (AvgIpc) is 2.99. The number of benzene rings is 2. The topological polar surface area (TPSA) is 9.23 Å². The molecule has 2 aromatic rings. The van der Waals surface area contributed by atoms with Crippen LogP contribution in [0.3, 0.4) is 0 Å². The Morgan fingerprint density at radius 3 is 2.15 bits per heavy atom. The molecule has 2 atom stereocenters. The summed E-state index contributed by atoms with van der Waals surface area (Å²) in [5.41, 5.74) is 5.99. The molecule has 0 unspecified atom stereocenters. The summed E-state index contributed by atoms with van der Waals surface area (Å²) in [6.07, 6.45) is 0. The van der Waals surface area contributed by atoms with E-state index >= 15 is 0 Å². The van der Waals surface area contributed by atoms with Crippen LogP contribution in [-0.4, -0.2) is 29.2 Å². The van der Waals surface area contributed by atoms with Crippen LogP contribution in [0.2, 0.25) is 0 Å². The van der Waals surface area contributed by atoms with Crippen molar-refractivity contribution < 1.29 is 4.74 Å². The van der Waals surface area contributed by atoms with Gasteiger partial charge in [-0.3, -0.25) is 0 Å². The molecular formula is C18H15OSe. The van der Waals surface area contributed by atoms with Gasteiger partial charge in [-0.05, 0) is 0 Å². The van der Waals surface area contributed by atoms with Crippen molar-refractivity contribution in [3.63, 3.8) is 0 Å². The van der Waals surface area contributed by atoms with Gasteiger partial charge >= 0.3 is 127 Å². The standard InChI is InChI=1S/C18H15OSe/c20-18-14-7-3-1-5-11(14)17(13-9-19-10-16(13)18)12-6-2-4-8-15(12)18/h1-8,13,16-17H,9-10H2/t13-,16+,17?,18?/m0/s1. The second-order valence-corrected chi connectivity index (χ2v) is 7.55. The Labute approximate surface area is 127 Å². The van der Waals surface area contributed by atoms with Crippen molar-refractivity contribution in [3.05, 3.63) is 70.8 Å². The molecule has 3 aliphatic carbocycles. The van der Waals surface area contributed by atoms with Crippen LogP contribution >= 0.6 is 0 Å². The molecule has 1 radical (unpaired) electrons. The molecule has 20 heavy (non-hydrogen) atoms. The minimum absolute atomic E-state index is 0.00308. The summed E-state index contributed by atoms with van der Waals surface area (Å²) in [7, 11) is 0. The molecule has 0 aromatic heterocycles. The van der Waals surface area contributed by atoms with Crippen LogP contribution < -0.4 is 0 Å². The predicted molar refractivity (Wildman–Crippen MR) is 79.1 cm³/mol. The van der Waals surface area contributed by atoms with Gasteiger partial charge in [0.05, 0.1) is 0 Å². The molecule has 1 saturated heterocycles. The van der Waals surface area contributed by atoms with Gasteiger partial charge in [0.1, 0.15) is 0 Å². The first-order valence-corrected chi connectivity index (χ1v) is 8.14. The van der Waals surface area contributed by atoms with Gasteiger partial charge in [-0.1, -0.05) is 0 Å². The van der Waals surface area contributed by atoms with Crippen molar-refractivity contribution in [2.75, 3.05) is 13.2 Å². The van der Waals surface area contributed by atoms with Crippen molar-refractivity contribution >= 4 is 16.0 Å². The fraction of sp³-hybridized carbons (Fsp3) is 0.333. The number of hydrogen-bond donors (Lipinski definition) is 0. The monoisotopic (exact) mass is 327 g/mol. The molecule has 0 spiro atoms. The Morgan fingerprint density at radius 2 is 1.50 bits per heavy atom. The van der Waals surface area contributed by atoms with Crippen LogP contribution in [-0.2, 0) is 9.05 Å². The van der Waals surface area contributed by atoms with Crippen LogP contribution in [0, 0.1) is 11.8 Å². The quantitative estimate of drug-likeness (QED) is 0.677. The molecule has 0 N–H and O–H groups in total. The molecule has 99 valence electrons. The van der Waals surface area contributed by atoms with E-state index in [9.17, 15) is 0 Å². The molecule has 2 aromatic carbocycles. The van der Waals surface area contributed by atoms with Gasteiger partial charge < -0.3 is 0 Å². The molecule has 1 heterocycles. The van der Waals surface area contributed by atoms with E-state index in [2.05, 4.69) is 64.5 Å². The SMILES string of the molecule is [Se]C12c3ccccc3C(c3ccccc31)[C@H]1COC[C@H]12. The van der Waals surface area contributed by atoms with E-state index in [0.29, 0.717) is 17.8 Å². The van der Waals surface area contributed by atoms with E-state index in [1.807, 2.05) is 0 Å². The minimum atomic E-state index is 0.00308. The van der Waals surface area contributed by atoms with Gasteiger partial charge in [-0.15, -0.1) is 0 Å². The molecule has 1 aliphatic heterocycles. The van der Waals surface area contributed by atoms with Crippen molar-refractivity contribution in [1.29, 1.82) is 0 Å². The summed E-state index contributed by atoms with van der Waals surface area (Å²) in [6.45, 7) is 1.79. The second kappa shape index (κ2) is 3.76. The maximum atomic E-state index is 5.88. The van der Waals surface area contributed by atoms with E-state index in [4.69, 9.17) is 4.74 Å². The zero-order valence-corrected chi connectivity index (χ0v) is 12.8. The van der Waals surface area contributed by atoms with E-state index in [0.717, 1.165) is 13.2 Å². The summed E-state index contributed by atoms with van der Waals surface area (Å²) in [6, 6.07) is 17.9. The first kappa shape index (κ1) is 11.6. The van der Waals surface area contributed by atoms with Gasteiger partial charge in [-0.2, -0.15) is 0 Å². The Morgan fingerprint density at radius 1 is 0.900 bits per heavy atom. The van der Waals surface area contributed by atoms with Gasteiger partial charge in [0, 0.05) is 0 Å². The van der Waals surface area contributed by atoms with Crippen LogP contribution in [0.4, 0.5) is 0 Å². The average molecular weight is 326 g/mol. The number of hydrogen-bond acceptors (Lipinski definition) is 1. The molecule has 0 amide bonds. The predicted octanol–water partition coefficient (Wildman–Crippen LogP) is 2.82. The molecular weight excluding hydrogens is 311 g/mol. The zero-order chi connectivity index (χ0) is 13.3. The first-order valence-electron chi connectivity index (χ1n) is 7.29. The molecule has 2 heteroatoms. The van der Waals surface area contributed by atoms with E-state index < -0.39 is 0 Å². The van der Waals surface area contributed by atoms with Gasteiger partial charge in [-0.25, -0.2) is 0 Å². The molecule has 1 nitrogen and oxygen atoms in total. The van der Waals surface area contributed by atoms with Crippen molar-refractivity contribution in [2.24, 2.45) is 11.8 Å². The van der Waals surface area contributed by atoms with Crippen LogP contribution in [0.15, 0.2) is 48.5 Å². The fourth-order valence-corrected chi connectivity index (χ4v) is 5.99. The third kappa shape index (κ3) is 1.16. The van der Waals surface area contributed by atoms with Gasteiger partial charge in [0.25, 0.3) is 0 Å².